The number of hydrogen-bond acceptors (Lipinski definition) is 2. The molecule has 3 heteroatoms. The Balaban J connectivity index is 2.21. The molecule has 1 unspecified atom stereocenters. The largest absolute Gasteiger partial charge is 0.385 e. The fourth-order valence-electron chi connectivity index (χ4n) is 1.15. The van der Waals surface area contributed by atoms with Crippen molar-refractivity contribution in [3.8, 4) is 0 Å². The van der Waals surface area contributed by atoms with E-state index in [0.717, 1.165) is 13.0 Å². The van der Waals surface area contributed by atoms with Crippen LogP contribution in [0.2, 0.25) is 0 Å². The van der Waals surface area contributed by atoms with Gasteiger partial charge in [-0.3, -0.25) is 4.79 Å². The first-order valence-electron chi connectivity index (χ1n) is 3.46. The predicted molar refractivity (Wildman–Crippen MR) is 37.7 cm³/mol. The van der Waals surface area contributed by atoms with E-state index in [2.05, 4.69) is 5.32 Å². The Morgan fingerprint density at radius 1 is 1.80 bits per heavy atom. The van der Waals surface area contributed by atoms with Crippen LogP contribution in [-0.2, 0) is 9.53 Å². The van der Waals surface area contributed by atoms with Gasteiger partial charge in [-0.25, -0.2) is 0 Å². The van der Waals surface area contributed by atoms with Gasteiger partial charge in [0.25, 0.3) is 0 Å². The molecule has 0 bridgehead atoms. The van der Waals surface area contributed by atoms with Gasteiger partial charge < -0.3 is 10.1 Å². The third kappa shape index (κ3) is 1.48. The molecule has 58 valence electrons. The zero-order chi connectivity index (χ0) is 7.61. The van der Waals surface area contributed by atoms with Gasteiger partial charge in [-0.2, -0.15) is 0 Å². The highest BCUT2D eigenvalue weighted by atomic mass is 16.5. The maximum absolute atomic E-state index is 10.5. The standard InChI is InChI=1S/C7H13NO2/c1-7(3-4-10-2)5-6(9)8-7/h3-5H2,1-2H3,(H,8,9). The third-order valence-corrected chi connectivity index (χ3v) is 1.85. The van der Waals surface area contributed by atoms with Crippen molar-refractivity contribution >= 4 is 5.91 Å². The van der Waals surface area contributed by atoms with Gasteiger partial charge in [0.1, 0.15) is 0 Å². The summed E-state index contributed by atoms with van der Waals surface area (Å²) in [6, 6.07) is 0. The molecule has 1 atom stereocenters. The second-order valence-electron chi connectivity index (χ2n) is 3.03. The molecular weight excluding hydrogens is 130 g/mol. The van der Waals surface area contributed by atoms with E-state index in [1.165, 1.54) is 0 Å². The highest BCUT2D eigenvalue weighted by Gasteiger charge is 2.37. The molecular formula is C7H13NO2. The molecule has 1 aliphatic rings. The molecule has 0 aromatic heterocycles. The van der Waals surface area contributed by atoms with Crippen LogP contribution in [0.5, 0.6) is 0 Å². The monoisotopic (exact) mass is 143 g/mol. The van der Waals surface area contributed by atoms with Crippen LogP contribution in [0.3, 0.4) is 0 Å². The van der Waals surface area contributed by atoms with E-state index in [1.807, 2.05) is 6.92 Å². The predicted octanol–water partition coefficient (Wildman–Crippen LogP) is 0.301. The summed E-state index contributed by atoms with van der Waals surface area (Å²) in [5.74, 6) is 0.151. The van der Waals surface area contributed by atoms with E-state index < -0.39 is 0 Å². The lowest BCUT2D eigenvalue weighted by Gasteiger charge is -2.38. The molecule has 0 aromatic rings. The number of rotatable bonds is 3. The summed E-state index contributed by atoms with van der Waals surface area (Å²) in [5, 5.41) is 2.84. The van der Waals surface area contributed by atoms with E-state index in [9.17, 15) is 4.79 Å². The Kier molecular flexibility index (Phi) is 1.94. The Bertz CT molecular complexity index is 137. The first kappa shape index (κ1) is 7.54. The van der Waals surface area contributed by atoms with Gasteiger partial charge in [0, 0.05) is 25.7 Å². The maximum atomic E-state index is 10.5. The maximum Gasteiger partial charge on any atom is 0.222 e. The van der Waals surface area contributed by atoms with Crippen LogP contribution in [-0.4, -0.2) is 25.2 Å². The fourth-order valence-corrected chi connectivity index (χ4v) is 1.15. The number of nitrogens with one attached hydrogen (secondary N) is 1. The number of carbonyl (C=O) groups is 1. The normalized spacial score (nSPS) is 31.2. The minimum Gasteiger partial charge on any atom is -0.385 e. The van der Waals surface area contributed by atoms with Gasteiger partial charge in [-0.1, -0.05) is 0 Å². The van der Waals surface area contributed by atoms with Gasteiger partial charge >= 0.3 is 0 Å². The summed E-state index contributed by atoms with van der Waals surface area (Å²) in [6.45, 7) is 2.75. The highest BCUT2D eigenvalue weighted by Crippen LogP contribution is 2.22. The van der Waals surface area contributed by atoms with Gasteiger partial charge in [0.15, 0.2) is 0 Å². The summed E-state index contributed by atoms with van der Waals surface area (Å²) < 4.78 is 4.90. The number of hydrogen-bond donors (Lipinski definition) is 1. The van der Waals surface area contributed by atoms with Crippen LogP contribution in [0.1, 0.15) is 19.8 Å². The minimum atomic E-state index is 0.0209. The van der Waals surface area contributed by atoms with E-state index in [4.69, 9.17) is 4.74 Å². The average molecular weight is 143 g/mol. The van der Waals surface area contributed by atoms with Crippen molar-refractivity contribution in [3.05, 3.63) is 0 Å². The average Bonchev–Trinajstić information content (AvgIpc) is 1.81. The highest BCUT2D eigenvalue weighted by molar-refractivity contribution is 5.84. The second kappa shape index (κ2) is 2.58. The topological polar surface area (TPSA) is 38.3 Å². The van der Waals surface area contributed by atoms with Crippen molar-refractivity contribution in [1.82, 2.24) is 5.32 Å². The number of amides is 1. The molecule has 1 aliphatic heterocycles. The Labute approximate surface area is 60.7 Å². The Morgan fingerprint density at radius 3 is 2.80 bits per heavy atom. The van der Waals surface area contributed by atoms with Crippen molar-refractivity contribution in [3.63, 3.8) is 0 Å². The second-order valence-corrected chi connectivity index (χ2v) is 3.03. The molecule has 1 N–H and O–H groups in total. The Hall–Kier alpha value is -0.570. The molecule has 1 fully saturated rings. The number of ether oxygens (including phenoxy) is 1. The van der Waals surface area contributed by atoms with Gasteiger partial charge in [0.05, 0.1) is 0 Å². The molecule has 3 nitrogen and oxygen atoms in total. The first-order valence-corrected chi connectivity index (χ1v) is 3.46. The zero-order valence-electron chi connectivity index (χ0n) is 6.44. The van der Waals surface area contributed by atoms with Crippen molar-refractivity contribution in [2.75, 3.05) is 13.7 Å². The van der Waals surface area contributed by atoms with Gasteiger partial charge in [-0.05, 0) is 13.3 Å². The smallest absolute Gasteiger partial charge is 0.222 e. The molecule has 1 heterocycles. The van der Waals surface area contributed by atoms with Crippen molar-refractivity contribution in [2.45, 2.75) is 25.3 Å². The zero-order valence-corrected chi connectivity index (χ0v) is 6.44. The van der Waals surface area contributed by atoms with Crippen LogP contribution in [0, 0.1) is 0 Å². The van der Waals surface area contributed by atoms with E-state index in [-0.39, 0.29) is 11.4 Å². The summed E-state index contributed by atoms with van der Waals surface area (Å²) in [5.41, 5.74) is 0.0209. The lowest BCUT2D eigenvalue weighted by molar-refractivity contribution is -0.132. The quantitative estimate of drug-likeness (QED) is 0.577. The third-order valence-electron chi connectivity index (χ3n) is 1.85. The molecule has 0 aromatic carbocycles. The molecule has 10 heavy (non-hydrogen) atoms. The van der Waals surface area contributed by atoms with Crippen LogP contribution in [0.25, 0.3) is 0 Å². The van der Waals surface area contributed by atoms with E-state index in [0.29, 0.717) is 6.42 Å². The summed E-state index contributed by atoms with van der Waals surface area (Å²) in [6.07, 6.45) is 1.56. The van der Waals surface area contributed by atoms with Crippen LogP contribution >= 0.6 is 0 Å². The summed E-state index contributed by atoms with van der Waals surface area (Å²) in [7, 11) is 1.67. The first-order chi connectivity index (χ1) is 4.66. The molecule has 1 amide bonds. The van der Waals surface area contributed by atoms with Gasteiger partial charge in [-0.15, -0.1) is 0 Å². The molecule has 1 rings (SSSR count). The molecule has 0 radical (unpaired) electrons. The molecule has 0 aliphatic carbocycles. The van der Waals surface area contributed by atoms with Crippen LogP contribution < -0.4 is 5.32 Å². The summed E-state index contributed by atoms with van der Waals surface area (Å²) in [4.78, 5) is 10.5. The molecule has 0 spiro atoms. The lowest BCUT2D eigenvalue weighted by atomic mass is 9.86. The SMILES string of the molecule is COCCC1(C)CC(=O)N1. The van der Waals surface area contributed by atoms with E-state index in [1.54, 1.807) is 7.11 Å². The summed E-state index contributed by atoms with van der Waals surface area (Å²) >= 11 is 0. The molecule has 1 saturated heterocycles. The number of methoxy groups -OCH3 is 1. The number of carbonyl (C=O) groups excluding carboxylic acids is 1. The van der Waals surface area contributed by atoms with Crippen molar-refractivity contribution in [1.29, 1.82) is 0 Å². The van der Waals surface area contributed by atoms with E-state index >= 15 is 0 Å². The van der Waals surface area contributed by atoms with Crippen molar-refractivity contribution < 1.29 is 9.53 Å². The van der Waals surface area contributed by atoms with Crippen molar-refractivity contribution in [2.24, 2.45) is 0 Å². The van der Waals surface area contributed by atoms with Crippen LogP contribution in [0.4, 0.5) is 0 Å². The lowest BCUT2D eigenvalue weighted by Crippen LogP contribution is -2.59. The van der Waals surface area contributed by atoms with Crippen LogP contribution in [0.15, 0.2) is 0 Å². The number of β-lactam (4-membered cyclic amide) rings is 1. The van der Waals surface area contributed by atoms with Gasteiger partial charge in [0.2, 0.25) is 5.91 Å². The molecule has 0 saturated carbocycles. The Morgan fingerprint density at radius 2 is 2.40 bits per heavy atom. The fraction of sp³-hybridized carbons (Fsp3) is 0.857. The minimum absolute atomic E-state index is 0.0209.